The molecule has 0 aliphatic heterocycles. The van der Waals surface area contributed by atoms with Gasteiger partial charge < -0.3 is 5.32 Å². The fraction of sp³-hybridized carbons (Fsp3) is 0.250. The number of aromatic nitrogens is 4. The molecule has 0 radical (unpaired) electrons. The van der Waals surface area contributed by atoms with Crippen LogP contribution in [0, 0.1) is 18.3 Å². The molecule has 0 saturated carbocycles. The molecule has 6 nitrogen and oxygen atoms in total. The van der Waals surface area contributed by atoms with E-state index in [4.69, 9.17) is 5.26 Å². The second-order valence-corrected chi connectivity index (χ2v) is 5.46. The van der Waals surface area contributed by atoms with Crippen LogP contribution in [0.5, 0.6) is 0 Å². The average molecular weight is 292 g/mol. The topological polar surface area (TPSA) is 79.4 Å². The van der Waals surface area contributed by atoms with Gasteiger partial charge in [0, 0.05) is 35.6 Å². The second kappa shape index (κ2) is 5.45. The van der Waals surface area contributed by atoms with Crippen molar-refractivity contribution in [3.63, 3.8) is 0 Å². The molecule has 1 N–H and O–H groups in total. The highest BCUT2D eigenvalue weighted by molar-refractivity contribution is 5.77. The number of hydrogen-bond donors (Lipinski definition) is 1. The van der Waals surface area contributed by atoms with E-state index < -0.39 is 0 Å². The number of fused-ring (bicyclic) bond motifs is 1. The number of nitriles is 1. The number of pyridine rings is 2. The fourth-order valence-corrected chi connectivity index (χ4v) is 2.25. The van der Waals surface area contributed by atoms with Gasteiger partial charge in [-0.1, -0.05) is 0 Å². The predicted octanol–water partition coefficient (Wildman–Crippen LogP) is 2.82. The van der Waals surface area contributed by atoms with Crippen molar-refractivity contribution < 1.29 is 0 Å². The zero-order chi connectivity index (χ0) is 15.7. The Bertz CT molecular complexity index is 872. The first-order valence-corrected chi connectivity index (χ1v) is 7.06. The van der Waals surface area contributed by atoms with Gasteiger partial charge in [0.05, 0.1) is 11.8 Å². The van der Waals surface area contributed by atoms with Gasteiger partial charge in [0.1, 0.15) is 6.07 Å². The first-order chi connectivity index (χ1) is 10.6. The van der Waals surface area contributed by atoms with Crippen LogP contribution in [0.4, 0.5) is 5.69 Å². The van der Waals surface area contributed by atoms with Crippen molar-refractivity contribution in [2.75, 3.05) is 5.32 Å². The van der Waals surface area contributed by atoms with Gasteiger partial charge in [0.25, 0.3) is 0 Å². The van der Waals surface area contributed by atoms with Gasteiger partial charge in [-0.2, -0.15) is 15.0 Å². The van der Waals surface area contributed by atoms with Gasteiger partial charge >= 0.3 is 0 Å². The van der Waals surface area contributed by atoms with E-state index in [1.54, 1.807) is 23.1 Å². The summed E-state index contributed by atoms with van der Waals surface area (Å²) in [6.07, 6.45) is 5.06. The van der Waals surface area contributed by atoms with E-state index in [1.165, 1.54) is 0 Å². The van der Waals surface area contributed by atoms with Crippen molar-refractivity contribution in [1.82, 2.24) is 19.7 Å². The Labute approximate surface area is 128 Å². The van der Waals surface area contributed by atoms with Crippen LogP contribution < -0.4 is 5.32 Å². The lowest BCUT2D eigenvalue weighted by atomic mass is 10.2. The number of anilines is 1. The molecule has 0 saturated heterocycles. The molecule has 0 aromatic carbocycles. The molecule has 0 amide bonds. The summed E-state index contributed by atoms with van der Waals surface area (Å²) in [6, 6.07) is 6.15. The average Bonchev–Trinajstić information content (AvgIpc) is 2.92. The minimum absolute atomic E-state index is 0.333. The van der Waals surface area contributed by atoms with Crippen LogP contribution in [-0.4, -0.2) is 25.8 Å². The molecule has 0 aliphatic rings. The third-order valence-electron chi connectivity index (χ3n) is 3.29. The number of nitrogens with one attached hydrogen (secondary N) is 1. The molecule has 3 aromatic heterocycles. The van der Waals surface area contributed by atoms with Crippen LogP contribution in [-0.2, 0) is 0 Å². The van der Waals surface area contributed by atoms with Gasteiger partial charge in [-0.15, -0.1) is 0 Å². The van der Waals surface area contributed by atoms with Gasteiger partial charge in [0.15, 0.2) is 11.5 Å². The van der Waals surface area contributed by atoms with Crippen molar-refractivity contribution in [3.8, 4) is 11.9 Å². The van der Waals surface area contributed by atoms with Crippen LogP contribution in [0.3, 0.4) is 0 Å². The molecule has 0 fully saturated rings. The van der Waals surface area contributed by atoms with Gasteiger partial charge in [0.2, 0.25) is 0 Å². The van der Waals surface area contributed by atoms with E-state index in [2.05, 4.69) is 40.3 Å². The molecular formula is C16H16N6. The summed E-state index contributed by atoms with van der Waals surface area (Å²) in [5.41, 5.74) is 3.31. The third kappa shape index (κ3) is 2.49. The summed E-state index contributed by atoms with van der Waals surface area (Å²) in [4.78, 5) is 8.76. The van der Waals surface area contributed by atoms with Crippen LogP contribution >= 0.6 is 0 Å². The van der Waals surface area contributed by atoms with Gasteiger partial charge in [-0.3, -0.25) is 0 Å². The summed E-state index contributed by atoms with van der Waals surface area (Å²) < 4.78 is 1.68. The standard InChI is InChI=1S/C16H16N6/c1-10(2)21-14-5-15(18-7-11(14)3)22-16-13(9-20-22)4-12(6-17)8-19-16/h4-5,7-10H,1-3H3,(H,18,21). The SMILES string of the molecule is Cc1cnc(-n2ncc3cc(C#N)cnc32)cc1NC(C)C. The molecule has 22 heavy (non-hydrogen) atoms. The smallest absolute Gasteiger partial charge is 0.164 e. The molecule has 0 spiro atoms. The molecule has 110 valence electrons. The Morgan fingerprint density at radius 2 is 2.00 bits per heavy atom. The molecule has 0 aliphatic carbocycles. The Balaban J connectivity index is 2.10. The lowest BCUT2D eigenvalue weighted by molar-refractivity contribution is 0.855. The summed E-state index contributed by atoms with van der Waals surface area (Å²) in [5.74, 6) is 0.695. The summed E-state index contributed by atoms with van der Waals surface area (Å²) in [5, 5.41) is 17.5. The zero-order valence-electron chi connectivity index (χ0n) is 12.7. The zero-order valence-corrected chi connectivity index (χ0v) is 12.7. The third-order valence-corrected chi connectivity index (χ3v) is 3.29. The van der Waals surface area contributed by atoms with Crippen molar-refractivity contribution >= 4 is 16.7 Å². The maximum Gasteiger partial charge on any atom is 0.164 e. The number of aryl methyl sites for hydroxylation is 1. The van der Waals surface area contributed by atoms with Crippen molar-refractivity contribution in [3.05, 3.63) is 41.9 Å². The lowest BCUT2D eigenvalue weighted by Gasteiger charge is -2.13. The number of rotatable bonds is 3. The van der Waals surface area contributed by atoms with Crippen molar-refractivity contribution in [1.29, 1.82) is 5.26 Å². The van der Waals surface area contributed by atoms with E-state index in [9.17, 15) is 0 Å². The highest BCUT2D eigenvalue weighted by Gasteiger charge is 2.10. The van der Waals surface area contributed by atoms with Crippen molar-refractivity contribution in [2.24, 2.45) is 0 Å². The maximum absolute atomic E-state index is 8.93. The first kappa shape index (κ1) is 14.0. The van der Waals surface area contributed by atoms with Crippen LogP contribution in [0.2, 0.25) is 0 Å². The molecule has 3 rings (SSSR count). The van der Waals surface area contributed by atoms with Gasteiger partial charge in [-0.05, 0) is 32.4 Å². The monoisotopic (exact) mass is 292 g/mol. The lowest BCUT2D eigenvalue weighted by Crippen LogP contribution is -2.12. The summed E-state index contributed by atoms with van der Waals surface area (Å²) in [7, 11) is 0. The molecule has 0 atom stereocenters. The molecule has 0 unspecified atom stereocenters. The van der Waals surface area contributed by atoms with E-state index in [0.29, 0.717) is 23.1 Å². The van der Waals surface area contributed by atoms with Crippen LogP contribution in [0.25, 0.3) is 16.9 Å². The van der Waals surface area contributed by atoms with Crippen molar-refractivity contribution in [2.45, 2.75) is 26.8 Å². The minimum Gasteiger partial charge on any atom is -0.383 e. The Kier molecular flexibility index (Phi) is 3.47. The van der Waals surface area contributed by atoms with E-state index in [0.717, 1.165) is 16.6 Å². The Morgan fingerprint density at radius 3 is 2.73 bits per heavy atom. The van der Waals surface area contributed by atoms with E-state index in [-0.39, 0.29) is 0 Å². The quantitative estimate of drug-likeness (QED) is 0.803. The first-order valence-electron chi connectivity index (χ1n) is 7.06. The largest absolute Gasteiger partial charge is 0.383 e. The summed E-state index contributed by atoms with van der Waals surface area (Å²) in [6.45, 7) is 6.20. The fourth-order valence-electron chi connectivity index (χ4n) is 2.25. The number of hydrogen-bond acceptors (Lipinski definition) is 5. The highest BCUT2D eigenvalue weighted by Crippen LogP contribution is 2.21. The second-order valence-electron chi connectivity index (χ2n) is 5.46. The van der Waals surface area contributed by atoms with Gasteiger partial charge in [-0.25, -0.2) is 9.97 Å². The van der Waals surface area contributed by atoms with E-state index >= 15 is 0 Å². The summed E-state index contributed by atoms with van der Waals surface area (Å²) >= 11 is 0. The Hall–Kier alpha value is -2.94. The molecule has 3 aromatic rings. The molecule has 0 bridgehead atoms. The molecule has 3 heterocycles. The maximum atomic E-state index is 8.93. The molecule has 6 heteroatoms. The molecular weight excluding hydrogens is 276 g/mol. The van der Waals surface area contributed by atoms with E-state index in [1.807, 2.05) is 19.2 Å². The minimum atomic E-state index is 0.333. The van der Waals surface area contributed by atoms with Crippen LogP contribution in [0.1, 0.15) is 25.0 Å². The Morgan fingerprint density at radius 1 is 1.18 bits per heavy atom. The number of nitrogens with zero attached hydrogens (tertiary/aromatic N) is 5. The highest BCUT2D eigenvalue weighted by atomic mass is 15.3. The normalized spacial score (nSPS) is 10.9. The van der Waals surface area contributed by atoms with Crippen LogP contribution in [0.15, 0.2) is 30.7 Å². The predicted molar refractivity (Wildman–Crippen MR) is 84.9 cm³/mol.